The molecule has 0 aliphatic carbocycles. The van der Waals surface area contributed by atoms with Crippen LogP contribution in [0.25, 0.3) is 128 Å². The third kappa shape index (κ3) is 4.52. The van der Waals surface area contributed by atoms with Gasteiger partial charge in [0.05, 0.1) is 22.1 Å². The number of rotatable bonds is 3. The highest BCUT2D eigenvalue weighted by atomic mass is 32.1. The molecule has 60 heavy (non-hydrogen) atoms. The minimum absolute atomic E-state index is 1.17. The highest BCUT2D eigenvalue weighted by Crippen LogP contribution is 2.45. The zero-order chi connectivity index (χ0) is 39.1. The molecule has 0 aliphatic heterocycles. The number of hydrogen-bond donors (Lipinski definition) is 0. The lowest BCUT2D eigenvalue weighted by atomic mass is 9.98. The normalized spacial score (nSPS) is 12.3. The third-order valence-corrected chi connectivity index (χ3v) is 15.1. The molecule has 0 aliphatic rings. The Labute approximate surface area is 352 Å². The fourth-order valence-electron chi connectivity index (χ4n) is 10.2. The van der Waals surface area contributed by atoms with Gasteiger partial charge in [0.1, 0.15) is 0 Å². The highest BCUT2D eigenvalue weighted by Gasteiger charge is 2.20. The average Bonchev–Trinajstić information content (AvgIpc) is 4.05. The molecule has 0 saturated carbocycles. The van der Waals surface area contributed by atoms with Crippen molar-refractivity contribution in [3.8, 4) is 22.5 Å². The van der Waals surface area contributed by atoms with Gasteiger partial charge < -0.3 is 9.13 Å². The second kappa shape index (κ2) is 12.2. The van der Waals surface area contributed by atoms with Crippen molar-refractivity contribution < 1.29 is 0 Å². The predicted octanol–water partition coefficient (Wildman–Crippen LogP) is 16.6. The molecule has 4 aromatic heterocycles. The SMILES string of the molecule is c1ccc(-n2c3ccc(-c4ccc5c(c4)c4cc6ccc7sc8ccccc8c7c6cc4n5-c4ccccc4)cc3c3cc4ccc5sc6ccccc6c5c4cc32)cc1. The number of aromatic nitrogens is 2. The molecule has 278 valence electrons. The number of hydrogen-bond acceptors (Lipinski definition) is 2. The Hall–Kier alpha value is -7.24. The minimum atomic E-state index is 1.17. The molecule has 0 spiro atoms. The number of benzene rings is 10. The van der Waals surface area contributed by atoms with Gasteiger partial charge in [0, 0.05) is 73.3 Å². The van der Waals surface area contributed by atoms with Crippen LogP contribution in [0.4, 0.5) is 0 Å². The molecule has 0 bridgehead atoms. The van der Waals surface area contributed by atoms with E-state index in [2.05, 4.69) is 203 Å². The number of para-hydroxylation sites is 2. The van der Waals surface area contributed by atoms with E-state index >= 15 is 0 Å². The molecule has 0 unspecified atom stereocenters. The summed E-state index contributed by atoms with van der Waals surface area (Å²) in [5, 5.41) is 15.6. The van der Waals surface area contributed by atoms with Crippen LogP contribution in [0.2, 0.25) is 0 Å². The molecular weight excluding hydrogens is 765 g/mol. The van der Waals surface area contributed by atoms with Crippen molar-refractivity contribution in [3.05, 3.63) is 194 Å². The first-order valence-electron chi connectivity index (χ1n) is 20.5. The largest absolute Gasteiger partial charge is 0.309 e. The fraction of sp³-hybridized carbons (Fsp3) is 0. The van der Waals surface area contributed by atoms with E-state index in [0.29, 0.717) is 0 Å². The number of fused-ring (bicyclic) bond motifs is 16. The van der Waals surface area contributed by atoms with Gasteiger partial charge in [-0.05, 0) is 130 Å². The maximum absolute atomic E-state index is 2.46. The van der Waals surface area contributed by atoms with Crippen LogP contribution in [0.15, 0.2) is 194 Å². The lowest BCUT2D eigenvalue weighted by Gasteiger charge is -2.10. The van der Waals surface area contributed by atoms with Crippen molar-refractivity contribution in [2.45, 2.75) is 0 Å². The first kappa shape index (κ1) is 32.7. The Bertz CT molecular complexity index is 3840. The summed E-state index contributed by atoms with van der Waals surface area (Å²) < 4.78 is 10.2. The molecule has 14 rings (SSSR count). The van der Waals surface area contributed by atoms with E-state index in [0.717, 1.165) is 0 Å². The van der Waals surface area contributed by atoms with Gasteiger partial charge in [-0.2, -0.15) is 0 Å². The van der Waals surface area contributed by atoms with Crippen molar-refractivity contribution in [1.29, 1.82) is 0 Å². The van der Waals surface area contributed by atoms with Crippen LogP contribution < -0.4 is 0 Å². The van der Waals surface area contributed by atoms with Gasteiger partial charge in [-0.1, -0.05) is 97.1 Å². The Morgan fingerprint density at radius 1 is 0.267 bits per heavy atom. The monoisotopic (exact) mass is 796 g/mol. The van der Waals surface area contributed by atoms with Crippen molar-refractivity contribution in [1.82, 2.24) is 9.13 Å². The predicted molar refractivity (Wildman–Crippen MR) is 261 cm³/mol. The lowest BCUT2D eigenvalue weighted by Crippen LogP contribution is -1.93. The maximum atomic E-state index is 2.46. The topological polar surface area (TPSA) is 9.86 Å². The quantitative estimate of drug-likeness (QED) is 0.169. The minimum Gasteiger partial charge on any atom is -0.309 e. The van der Waals surface area contributed by atoms with Gasteiger partial charge in [-0.3, -0.25) is 0 Å². The number of nitrogens with zero attached hydrogens (tertiary/aromatic N) is 2. The second-order valence-corrected chi connectivity index (χ2v) is 18.2. The van der Waals surface area contributed by atoms with Crippen LogP contribution in [0.3, 0.4) is 0 Å². The zero-order valence-corrected chi connectivity index (χ0v) is 33.8. The lowest BCUT2D eigenvalue weighted by molar-refractivity contribution is 1.18. The van der Waals surface area contributed by atoms with Gasteiger partial charge in [0.15, 0.2) is 0 Å². The Morgan fingerprint density at radius 2 is 0.683 bits per heavy atom. The zero-order valence-electron chi connectivity index (χ0n) is 32.2. The summed E-state index contributed by atoms with van der Waals surface area (Å²) in [5.41, 5.74) is 9.63. The van der Waals surface area contributed by atoms with E-state index < -0.39 is 0 Å². The Kier molecular flexibility index (Phi) is 6.62. The van der Waals surface area contributed by atoms with Crippen molar-refractivity contribution >= 4 is 128 Å². The number of thiophene rings is 2. The maximum Gasteiger partial charge on any atom is 0.0547 e. The van der Waals surface area contributed by atoms with Crippen LogP contribution in [-0.2, 0) is 0 Å². The van der Waals surface area contributed by atoms with Crippen molar-refractivity contribution in [2.75, 3.05) is 0 Å². The fourth-order valence-corrected chi connectivity index (χ4v) is 12.4. The van der Waals surface area contributed by atoms with Gasteiger partial charge in [0.25, 0.3) is 0 Å². The molecule has 10 aromatic carbocycles. The van der Waals surface area contributed by atoms with E-state index in [-0.39, 0.29) is 0 Å². The Balaban J connectivity index is 1.02. The first-order chi connectivity index (χ1) is 29.7. The van der Waals surface area contributed by atoms with Gasteiger partial charge in [-0.25, -0.2) is 0 Å². The Morgan fingerprint density at radius 3 is 1.15 bits per heavy atom. The van der Waals surface area contributed by atoms with Crippen LogP contribution in [-0.4, -0.2) is 9.13 Å². The molecule has 0 N–H and O–H groups in total. The van der Waals surface area contributed by atoms with E-state index in [1.807, 2.05) is 22.7 Å². The van der Waals surface area contributed by atoms with E-state index in [4.69, 9.17) is 0 Å². The molecule has 4 heteroatoms. The molecule has 0 radical (unpaired) electrons. The van der Waals surface area contributed by atoms with Crippen molar-refractivity contribution in [2.24, 2.45) is 0 Å². The van der Waals surface area contributed by atoms with Crippen LogP contribution in [0.1, 0.15) is 0 Å². The van der Waals surface area contributed by atoms with E-state index in [9.17, 15) is 0 Å². The summed E-state index contributed by atoms with van der Waals surface area (Å²) >= 11 is 3.76. The molecular formula is C56H32N2S2. The van der Waals surface area contributed by atoms with Gasteiger partial charge >= 0.3 is 0 Å². The van der Waals surface area contributed by atoms with Crippen LogP contribution in [0.5, 0.6) is 0 Å². The van der Waals surface area contributed by atoms with Crippen LogP contribution >= 0.6 is 22.7 Å². The molecule has 14 aromatic rings. The average molecular weight is 797 g/mol. The molecule has 2 nitrogen and oxygen atoms in total. The van der Waals surface area contributed by atoms with E-state index in [1.54, 1.807) is 0 Å². The highest BCUT2D eigenvalue weighted by molar-refractivity contribution is 7.26. The van der Waals surface area contributed by atoms with Crippen molar-refractivity contribution in [3.63, 3.8) is 0 Å². The molecule has 0 saturated heterocycles. The summed E-state index contributed by atoms with van der Waals surface area (Å²) in [7, 11) is 0. The summed E-state index contributed by atoms with van der Waals surface area (Å²) in [6.07, 6.45) is 0. The molecule has 0 amide bonds. The standard InChI is InChI=1S/C56H32N2S2/c1-3-11-37(12-4-1)57-47-23-19-33(27-43(47)45-29-35-21-25-53-55(41(35)31-49(45)57)39-15-7-9-17-51(39)59-53)34-20-24-48-44(28-34)46-30-36-22-26-54-56(40-16-8-10-18-52(40)60-54)42(36)32-50(46)58(48)38-13-5-2-6-14-38/h1-32H. The molecule has 0 fully saturated rings. The van der Waals surface area contributed by atoms with E-state index in [1.165, 1.54) is 128 Å². The van der Waals surface area contributed by atoms with Gasteiger partial charge in [-0.15, -0.1) is 22.7 Å². The van der Waals surface area contributed by atoms with Crippen LogP contribution in [0, 0.1) is 0 Å². The summed E-state index contributed by atoms with van der Waals surface area (Å²) in [6.45, 7) is 0. The second-order valence-electron chi connectivity index (χ2n) is 16.1. The summed E-state index contributed by atoms with van der Waals surface area (Å²) in [4.78, 5) is 0. The smallest absolute Gasteiger partial charge is 0.0547 e. The summed E-state index contributed by atoms with van der Waals surface area (Å²) in [5.74, 6) is 0. The summed E-state index contributed by atoms with van der Waals surface area (Å²) in [6, 6.07) is 72.5. The molecule has 4 heterocycles. The molecule has 0 atom stereocenters. The first-order valence-corrected chi connectivity index (χ1v) is 22.1. The van der Waals surface area contributed by atoms with Gasteiger partial charge in [0.2, 0.25) is 0 Å². The third-order valence-electron chi connectivity index (χ3n) is 12.8.